The van der Waals surface area contributed by atoms with Gasteiger partial charge in [0.25, 0.3) is 11.8 Å². The number of benzene rings is 2. The minimum Gasteiger partial charge on any atom is -0.507 e. The second kappa shape index (κ2) is 15.3. The van der Waals surface area contributed by atoms with E-state index in [1.807, 2.05) is 0 Å². The van der Waals surface area contributed by atoms with Gasteiger partial charge in [-0.25, -0.2) is 4.79 Å². The predicted octanol–water partition coefficient (Wildman–Crippen LogP) is 0.132. The van der Waals surface area contributed by atoms with Gasteiger partial charge in [-0.3, -0.25) is 24.0 Å². The zero-order valence-corrected chi connectivity index (χ0v) is 29.8. The second-order valence-electron chi connectivity index (χ2n) is 13.5. The van der Waals surface area contributed by atoms with Crippen molar-refractivity contribution in [3.8, 4) is 17.2 Å². The van der Waals surface area contributed by atoms with Crippen LogP contribution in [0.5, 0.6) is 17.2 Å². The number of hydroxylamine groups is 2. The molecule has 0 radical (unpaired) electrons. The van der Waals surface area contributed by atoms with Crippen molar-refractivity contribution < 1.29 is 91.4 Å². The molecule has 2 aliphatic heterocycles. The van der Waals surface area contributed by atoms with Crippen molar-refractivity contribution in [3.05, 3.63) is 51.6 Å². The number of carbonyl (C=O) groups is 6. The highest BCUT2D eigenvalue weighted by molar-refractivity contribution is 6.31. The molecule has 2 heterocycles. The molecular weight excluding hydrogens is 775 g/mol. The number of nitrogens with one attached hydrogen (secondary N) is 1. The fourth-order valence-electron chi connectivity index (χ4n) is 7.18. The molecule has 57 heavy (non-hydrogen) atoms. The molecule has 6 N–H and O–H groups in total. The lowest BCUT2D eigenvalue weighted by molar-refractivity contribution is -0.249. The zero-order valence-electron chi connectivity index (χ0n) is 29.8. The summed E-state index contributed by atoms with van der Waals surface area (Å²) in [6.45, 7) is -0.928. The SMILES string of the molecule is COc1cccc2c1C(=O)c1c(O)c3c(c(O)c1C2=O)CC(O)(/C(CO)=N/OCC(=O)ON1C(=O)CCC1=O)CC3OC1CC(NC(=O)C(F)(F)F)C(O)C(C)O1. The number of hydrogen-bond acceptors (Lipinski definition) is 17. The van der Waals surface area contributed by atoms with Gasteiger partial charge in [-0.2, -0.15) is 13.2 Å². The van der Waals surface area contributed by atoms with Crippen LogP contribution in [0.25, 0.3) is 0 Å². The molecule has 4 aliphatic rings. The summed E-state index contributed by atoms with van der Waals surface area (Å²) in [4.78, 5) is 85.1. The first kappa shape index (κ1) is 41.0. The van der Waals surface area contributed by atoms with E-state index in [1.165, 1.54) is 32.2 Å². The fraction of sp³-hybridized carbons (Fsp3) is 0.457. The van der Waals surface area contributed by atoms with Crippen molar-refractivity contribution in [2.24, 2.45) is 5.16 Å². The van der Waals surface area contributed by atoms with E-state index in [0.29, 0.717) is 0 Å². The van der Waals surface area contributed by atoms with Crippen LogP contribution >= 0.6 is 0 Å². The molecule has 0 saturated carbocycles. The predicted molar refractivity (Wildman–Crippen MR) is 177 cm³/mol. The number of carbonyl (C=O) groups excluding carboxylic acids is 6. The second-order valence-corrected chi connectivity index (χ2v) is 13.5. The topological polar surface area (TPSA) is 277 Å². The Morgan fingerprint density at radius 2 is 1.72 bits per heavy atom. The van der Waals surface area contributed by atoms with Crippen LogP contribution in [0.4, 0.5) is 13.2 Å². The highest BCUT2D eigenvalue weighted by Crippen LogP contribution is 2.52. The van der Waals surface area contributed by atoms with Gasteiger partial charge in [0.15, 0.2) is 12.1 Å². The molecule has 6 rings (SSSR count). The smallest absolute Gasteiger partial charge is 0.471 e. The maximum absolute atomic E-state index is 14.0. The summed E-state index contributed by atoms with van der Waals surface area (Å²) in [7, 11) is 1.23. The number of imide groups is 1. The van der Waals surface area contributed by atoms with Gasteiger partial charge >= 0.3 is 18.1 Å². The summed E-state index contributed by atoms with van der Waals surface area (Å²) < 4.78 is 56.4. The van der Waals surface area contributed by atoms with Gasteiger partial charge in [0, 0.05) is 48.8 Å². The number of hydrogen-bond donors (Lipinski definition) is 6. The van der Waals surface area contributed by atoms with E-state index >= 15 is 0 Å². The summed E-state index contributed by atoms with van der Waals surface area (Å²) in [5.74, 6) is -9.00. The lowest BCUT2D eigenvalue weighted by Gasteiger charge is -2.43. The maximum Gasteiger partial charge on any atom is 0.471 e. The fourth-order valence-corrected chi connectivity index (χ4v) is 7.18. The molecule has 306 valence electrons. The Bertz CT molecular complexity index is 2070. The summed E-state index contributed by atoms with van der Waals surface area (Å²) in [6.07, 6.45) is -14.2. The van der Waals surface area contributed by atoms with E-state index in [4.69, 9.17) is 19.0 Å². The molecule has 22 heteroatoms. The quantitative estimate of drug-likeness (QED) is 0.0687. The van der Waals surface area contributed by atoms with E-state index in [0.717, 1.165) is 0 Å². The Labute approximate surface area is 318 Å². The number of halogens is 3. The first-order chi connectivity index (χ1) is 26.8. The number of oxime groups is 1. The van der Waals surface area contributed by atoms with Gasteiger partial charge in [0.2, 0.25) is 12.4 Å². The Morgan fingerprint density at radius 3 is 2.35 bits per heavy atom. The molecule has 3 amide bonds. The van der Waals surface area contributed by atoms with E-state index in [2.05, 4.69) is 9.99 Å². The van der Waals surface area contributed by atoms with Crippen molar-refractivity contribution in [2.75, 3.05) is 20.3 Å². The number of ketones is 2. The number of nitrogens with zero attached hydrogens (tertiary/aromatic N) is 2. The molecule has 0 bridgehead atoms. The van der Waals surface area contributed by atoms with Gasteiger partial charge in [-0.15, -0.1) is 5.06 Å². The molecule has 2 saturated heterocycles. The number of aliphatic hydroxyl groups is 3. The van der Waals surface area contributed by atoms with Crippen LogP contribution in [-0.4, -0.2) is 128 Å². The van der Waals surface area contributed by atoms with Crippen molar-refractivity contribution in [3.63, 3.8) is 0 Å². The normalized spacial score (nSPS) is 26.1. The Balaban J connectivity index is 1.39. The lowest BCUT2D eigenvalue weighted by atomic mass is 9.71. The zero-order chi connectivity index (χ0) is 41.7. The summed E-state index contributed by atoms with van der Waals surface area (Å²) in [5, 5.41) is 62.0. The third-order valence-electron chi connectivity index (χ3n) is 9.91. The summed E-state index contributed by atoms with van der Waals surface area (Å²) >= 11 is 0. The monoisotopic (exact) mass is 809 g/mol. The van der Waals surface area contributed by atoms with Crippen LogP contribution < -0.4 is 10.1 Å². The molecule has 6 unspecified atom stereocenters. The lowest BCUT2D eigenvalue weighted by Crippen LogP contribution is -2.57. The number of aromatic hydroxyl groups is 2. The van der Waals surface area contributed by atoms with Crippen LogP contribution in [0.2, 0.25) is 0 Å². The molecule has 2 fully saturated rings. The number of ether oxygens (including phenoxy) is 3. The molecule has 19 nitrogen and oxygen atoms in total. The average Bonchev–Trinajstić information content (AvgIpc) is 3.46. The van der Waals surface area contributed by atoms with Gasteiger partial charge in [0.1, 0.15) is 34.7 Å². The van der Waals surface area contributed by atoms with Gasteiger partial charge in [-0.1, -0.05) is 17.3 Å². The minimum atomic E-state index is -5.33. The molecule has 2 aromatic rings. The van der Waals surface area contributed by atoms with Crippen molar-refractivity contribution >= 4 is 41.0 Å². The Morgan fingerprint density at radius 1 is 1.05 bits per heavy atom. The van der Waals surface area contributed by atoms with E-state index in [9.17, 15) is 67.5 Å². The minimum absolute atomic E-state index is 0.0447. The largest absolute Gasteiger partial charge is 0.507 e. The summed E-state index contributed by atoms with van der Waals surface area (Å²) in [5.41, 5.74) is -5.74. The molecule has 2 aromatic carbocycles. The van der Waals surface area contributed by atoms with Crippen LogP contribution in [0.1, 0.15) is 81.7 Å². The van der Waals surface area contributed by atoms with Crippen molar-refractivity contribution in [2.45, 2.75) is 81.4 Å². The number of rotatable bonds is 10. The van der Waals surface area contributed by atoms with Crippen LogP contribution in [0.3, 0.4) is 0 Å². The number of aliphatic hydroxyl groups excluding tert-OH is 2. The van der Waals surface area contributed by atoms with Crippen molar-refractivity contribution in [1.82, 2.24) is 10.4 Å². The third kappa shape index (κ3) is 7.48. The summed E-state index contributed by atoms with van der Waals surface area (Å²) in [6, 6.07) is 2.44. The van der Waals surface area contributed by atoms with Gasteiger partial charge in [0.05, 0.1) is 48.7 Å². The highest BCUT2D eigenvalue weighted by atomic mass is 19.4. The standard InChI is InChI=1S/C35H34F3N3O16/c1-13-28(46)16(39-33(51)35(36,37)38)8-23(55-13)56-18-10-34(52,19(11-42)40-54-12-22(45)57-41-20(43)6-7-21(41)44)9-15-25(18)32(50)27-26(30(15)48)29(47)14-4-3-5-17(53-2)24(14)31(27)49/h3-5,13,16,18,23,28,42,46,48,50,52H,6-12H2,1-2H3,(H,39,51)/b40-19+. The Kier molecular flexibility index (Phi) is 11.0. The number of alkyl halides is 3. The first-order valence-electron chi connectivity index (χ1n) is 17.1. The Hall–Kier alpha value is -5.68. The average molecular weight is 810 g/mol. The van der Waals surface area contributed by atoms with Crippen molar-refractivity contribution in [1.29, 1.82) is 0 Å². The van der Waals surface area contributed by atoms with E-state index in [-0.39, 0.29) is 34.8 Å². The number of phenols is 2. The number of methoxy groups -OCH3 is 1. The van der Waals surface area contributed by atoms with E-state index < -0.39 is 150 Å². The van der Waals surface area contributed by atoms with Gasteiger partial charge < -0.3 is 54.7 Å². The van der Waals surface area contributed by atoms with Crippen LogP contribution in [0.15, 0.2) is 23.4 Å². The number of phenolic OH excluding ortho intramolecular Hbond substituents is 2. The molecular formula is C35H34F3N3O16. The molecule has 0 spiro atoms. The number of fused-ring (bicyclic) bond motifs is 3. The molecule has 6 atom stereocenters. The van der Waals surface area contributed by atoms with E-state index in [1.54, 1.807) is 5.32 Å². The first-order valence-corrected chi connectivity index (χ1v) is 17.1. The van der Waals surface area contributed by atoms with Gasteiger partial charge in [-0.05, 0) is 13.0 Å². The van der Waals surface area contributed by atoms with Crippen LogP contribution in [-0.2, 0) is 44.7 Å². The molecule has 2 aliphatic carbocycles. The third-order valence-corrected chi connectivity index (χ3v) is 9.91. The highest BCUT2D eigenvalue weighted by Gasteiger charge is 2.51. The number of amides is 3. The van der Waals surface area contributed by atoms with Crippen LogP contribution in [0, 0.1) is 0 Å². The maximum atomic E-state index is 14.0. The molecule has 0 aromatic heterocycles.